The van der Waals surface area contributed by atoms with Crippen LogP contribution in [0.2, 0.25) is 5.02 Å². The van der Waals surface area contributed by atoms with Crippen molar-refractivity contribution >= 4 is 27.5 Å². The summed E-state index contributed by atoms with van der Waals surface area (Å²) in [5.41, 5.74) is 6.60. The minimum Gasteiger partial charge on any atom is -0.271 e. The molecule has 0 bridgehead atoms. The second-order valence-corrected chi connectivity index (χ2v) is 6.03. The molecule has 0 aromatic heterocycles. The zero-order valence-corrected chi connectivity index (χ0v) is 13.7. The lowest BCUT2D eigenvalue weighted by Gasteiger charge is -2.17. The van der Waals surface area contributed by atoms with E-state index in [1.165, 1.54) is 11.1 Å². The van der Waals surface area contributed by atoms with Crippen LogP contribution in [-0.2, 0) is 12.8 Å². The van der Waals surface area contributed by atoms with Gasteiger partial charge in [-0.05, 0) is 57.6 Å². The average molecular weight is 354 g/mol. The van der Waals surface area contributed by atoms with E-state index in [1.54, 1.807) is 0 Å². The second-order valence-electron chi connectivity index (χ2n) is 4.77. The van der Waals surface area contributed by atoms with E-state index in [9.17, 15) is 0 Å². The van der Waals surface area contributed by atoms with E-state index in [-0.39, 0.29) is 6.04 Å². The Morgan fingerprint density at radius 1 is 1.15 bits per heavy atom. The van der Waals surface area contributed by atoms with Crippen LogP contribution < -0.4 is 11.3 Å². The van der Waals surface area contributed by atoms with Gasteiger partial charge in [-0.15, -0.1) is 0 Å². The molecule has 0 spiro atoms. The molecule has 20 heavy (non-hydrogen) atoms. The summed E-state index contributed by atoms with van der Waals surface area (Å²) < 4.78 is 0.887. The predicted molar refractivity (Wildman–Crippen MR) is 88.7 cm³/mol. The summed E-state index contributed by atoms with van der Waals surface area (Å²) in [5.74, 6) is 5.70. The van der Waals surface area contributed by atoms with Crippen LogP contribution in [0.5, 0.6) is 0 Å². The largest absolute Gasteiger partial charge is 0.271 e. The lowest BCUT2D eigenvalue weighted by molar-refractivity contribution is 0.551. The summed E-state index contributed by atoms with van der Waals surface area (Å²) in [7, 11) is 0. The summed E-state index contributed by atoms with van der Waals surface area (Å²) in [6.45, 7) is 2.16. The average Bonchev–Trinajstić information content (AvgIpc) is 2.48. The van der Waals surface area contributed by atoms with E-state index in [2.05, 4.69) is 52.5 Å². The molecular weight excluding hydrogens is 336 g/mol. The maximum atomic E-state index is 6.02. The molecule has 0 fully saturated rings. The number of hydrogen-bond donors (Lipinski definition) is 2. The van der Waals surface area contributed by atoms with E-state index < -0.39 is 0 Å². The van der Waals surface area contributed by atoms with Crippen LogP contribution in [0, 0.1) is 0 Å². The fourth-order valence-corrected chi connectivity index (χ4v) is 2.66. The van der Waals surface area contributed by atoms with Gasteiger partial charge < -0.3 is 0 Å². The number of hydrazine groups is 1. The third-order valence-corrected chi connectivity index (χ3v) is 4.63. The fraction of sp³-hybridized carbons (Fsp3) is 0.250. The van der Waals surface area contributed by atoms with Crippen molar-refractivity contribution < 1.29 is 0 Å². The van der Waals surface area contributed by atoms with E-state index in [1.807, 2.05) is 18.2 Å². The molecule has 1 atom stereocenters. The highest BCUT2D eigenvalue weighted by molar-refractivity contribution is 9.10. The van der Waals surface area contributed by atoms with Crippen LogP contribution in [-0.4, -0.2) is 0 Å². The van der Waals surface area contributed by atoms with Crippen molar-refractivity contribution in [1.29, 1.82) is 0 Å². The highest BCUT2D eigenvalue weighted by Gasteiger charge is 2.12. The van der Waals surface area contributed by atoms with Crippen molar-refractivity contribution in [3.05, 3.63) is 68.7 Å². The summed E-state index contributed by atoms with van der Waals surface area (Å²) >= 11 is 9.47. The third-order valence-electron chi connectivity index (χ3n) is 3.42. The first-order valence-electron chi connectivity index (χ1n) is 6.63. The minimum absolute atomic E-state index is 0.0658. The maximum absolute atomic E-state index is 6.02. The summed E-state index contributed by atoms with van der Waals surface area (Å²) in [6, 6.07) is 14.6. The van der Waals surface area contributed by atoms with Gasteiger partial charge in [0.15, 0.2) is 0 Å². The fourth-order valence-electron chi connectivity index (χ4n) is 2.15. The minimum atomic E-state index is 0.0658. The molecule has 0 aliphatic rings. The van der Waals surface area contributed by atoms with Crippen LogP contribution in [0.1, 0.15) is 29.7 Å². The number of halogens is 2. The number of aryl methyl sites for hydroxylation is 1. The molecule has 3 N–H and O–H groups in total. The molecule has 106 valence electrons. The lowest BCUT2D eigenvalue weighted by Crippen LogP contribution is -2.29. The van der Waals surface area contributed by atoms with Crippen LogP contribution in [0.4, 0.5) is 0 Å². The maximum Gasteiger partial charge on any atom is 0.0548 e. The molecule has 2 rings (SSSR count). The smallest absolute Gasteiger partial charge is 0.0548 e. The Bertz CT molecular complexity index is 569. The van der Waals surface area contributed by atoms with Gasteiger partial charge in [0.05, 0.1) is 11.1 Å². The molecule has 0 saturated carbocycles. The Kier molecular flexibility index (Phi) is 5.61. The number of nitrogens with two attached hydrogens (primary N) is 1. The van der Waals surface area contributed by atoms with Crippen LogP contribution in [0.15, 0.2) is 46.9 Å². The van der Waals surface area contributed by atoms with Crippen molar-refractivity contribution in [2.45, 2.75) is 25.8 Å². The first-order valence-corrected chi connectivity index (χ1v) is 7.80. The monoisotopic (exact) mass is 352 g/mol. The van der Waals surface area contributed by atoms with Crippen LogP contribution in [0.3, 0.4) is 0 Å². The topological polar surface area (TPSA) is 38.0 Å². The standard InChI is InChI=1S/C16H18BrClN2/c1-2-11-3-5-12(6-4-11)9-16(20-19)13-7-8-15(18)14(17)10-13/h3-8,10,16,20H,2,9,19H2,1H3. The molecule has 0 heterocycles. The molecule has 0 aliphatic heterocycles. The molecule has 2 nitrogen and oxygen atoms in total. The Morgan fingerprint density at radius 2 is 1.80 bits per heavy atom. The third kappa shape index (κ3) is 3.83. The Balaban J connectivity index is 2.16. The van der Waals surface area contributed by atoms with Crippen molar-refractivity contribution in [2.24, 2.45) is 5.84 Å². The van der Waals surface area contributed by atoms with Gasteiger partial charge in [-0.25, -0.2) is 0 Å². The molecule has 0 radical (unpaired) electrons. The predicted octanol–water partition coefficient (Wildman–Crippen LogP) is 4.41. The van der Waals surface area contributed by atoms with Crippen LogP contribution >= 0.6 is 27.5 Å². The normalized spacial score (nSPS) is 12.4. The van der Waals surface area contributed by atoms with Crippen LogP contribution in [0.25, 0.3) is 0 Å². The summed E-state index contributed by atoms with van der Waals surface area (Å²) in [6.07, 6.45) is 1.90. The van der Waals surface area contributed by atoms with Crippen molar-refractivity contribution in [3.63, 3.8) is 0 Å². The second kappa shape index (κ2) is 7.23. The van der Waals surface area contributed by atoms with E-state index in [0.29, 0.717) is 5.02 Å². The Labute approximate surface area is 133 Å². The van der Waals surface area contributed by atoms with Gasteiger partial charge in [-0.3, -0.25) is 11.3 Å². The summed E-state index contributed by atoms with van der Waals surface area (Å²) in [5, 5.41) is 0.705. The number of nitrogens with one attached hydrogen (secondary N) is 1. The van der Waals surface area contributed by atoms with Gasteiger partial charge in [0.25, 0.3) is 0 Å². The van der Waals surface area contributed by atoms with E-state index in [0.717, 1.165) is 22.9 Å². The molecule has 0 aliphatic carbocycles. The quantitative estimate of drug-likeness (QED) is 0.617. The first kappa shape index (κ1) is 15.5. The highest BCUT2D eigenvalue weighted by atomic mass is 79.9. The lowest BCUT2D eigenvalue weighted by atomic mass is 9.98. The first-order chi connectivity index (χ1) is 9.63. The van der Waals surface area contributed by atoms with Crippen molar-refractivity contribution in [1.82, 2.24) is 5.43 Å². The van der Waals surface area contributed by atoms with Gasteiger partial charge >= 0.3 is 0 Å². The van der Waals surface area contributed by atoms with Gasteiger partial charge in [0.2, 0.25) is 0 Å². The molecule has 1 unspecified atom stereocenters. The van der Waals surface area contributed by atoms with E-state index in [4.69, 9.17) is 17.4 Å². The molecular formula is C16H18BrClN2. The molecule has 0 amide bonds. The number of hydrogen-bond acceptors (Lipinski definition) is 2. The Hall–Kier alpha value is -0.870. The van der Waals surface area contributed by atoms with Crippen molar-refractivity contribution in [2.75, 3.05) is 0 Å². The number of benzene rings is 2. The highest BCUT2D eigenvalue weighted by Crippen LogP contribution is 2.27. The molecule has 2 aromatic carbocycles. The number of rotatable bonds is 5. The molecule has 2 aromatic rings. The zero-order chi connectivity index (χ0) is 14.5. The van der Waals surface area contributed by atoms with Crippen molar-refractivity contribution in [3.8, 4) is 0 Å². The summed E-state index contributed by atoms with van der Waals surface area (Å²) in [4.78, 5) is 0. The zero-order valence-electron chi connectivity index (χ0n) is 11.4. The van der Waals surface area contributed by atoms with Gasteiger partial charge in [0.1, 0.15) is 0 Å². The SMILES string of the molecule is CCc1ccc(CC(NN)c2ccc(Cl)c(Br)c2)cc1. The van der Waals surface area contributed by atoms with E-state index >= 15 is 0 Å². The molecule has 4 heteroatoms. The van der Waals surface area contributed by atoms with Gasteiger partial charge in [-0.1, -0.05) is 48.9 Å². The van der Waals surface area contributed by atoms with Gasteiger partial charge in [0, 0.05) is 4.47 Å². The Morgan fingerprint density at radius 3 is 2.35 bits per heavy atom. The molecule has 0 saturated heterocycles. The van der Waals surface area contributed by atoms with Gasteiger partial charge in [-0.2, -0.15) is 0 Å².